The van der Waals surface area contributed by atoms with Gasteiger partial charge in [-0.2, -0.15) is 0 Å². The summed E-state index contributed by atoms with van der Waals surface area (Å²) in [6, 6.07) is 11.2. The predicted molar refractivity (Wildman–Crippen MR) is 82.9 cm³/mol. The van der Waals surface area contributed by atoms with Gasteiger partial charge in [0.2, 0.25) is 0 Å². The van der Waals surface area contributed by atoms with E-state index in [2.05, 4.69) is 31.2 Å². The monoisotopic (exact) mass is 329 g/mol. The number of H-pyrrole nitrogens is 1. The minimum absolute atomic E-state index is 0.148. The molecule has 3 aromatic rings. The zero-order valence-electron chi connectivity index (χ0n) is 10.8. The normalized spacial score (nSPS) is 10.7. The van der Waals surface area contributed by atoms with Crippen LogP contribution in [0.2, 0.25) is 0 Å². The SMILES string of the molecule is Cc1nc(Br)ccc1NC(=O)c1cccc2cc[nH]c12. The quantitative estimate of drug-likeness (QED) is 0.701. The standard InChI is InChI=1S/C15H12BrN3O/c1-9-12(5-6-13(16)18-9)19-15(20)11-4-2-3-10-7-8-17-14(10)11/h2-8,17H,1H3,(H,19,20). The molecule has 1 amide bonds. The van der Waals surface area contributed by atoms with Gasteiger partial charge in [0.25, 0.3) is 5.91 Å². The molecular formula is C15H12BrN3O. The summed E-state index contributed by atoms with van der Waals surface area (Å²) in [5, 5.41) is 3.91. The number of benzene rings is 1. The summed E-state index contributed by atoms with van der Waals surface area (Å²) in [6.07, 6.45) is 1.83. The third kappa shape index (κ3) is 2.32. The number of hydrogen-bond donors (Lipinski definition) is 2. The number of anilines is 1. The van der Waals surface area contributed by atoms with Crippen molar-refractivity contribution in [3.63, 3.8) is 0 Å². The van der Waals surface area contributed by atoms with Gasteiger partial charge in [-0.15, -0.1) is 0 Å². The highest BCUT2D eigenvalue weighted by Gasteiger charge is 2.12. The number of nitrogens with one attached hydrogen (secondary N) is 2. The van der Waals surface area contributed by atoms with Gasteiger partial charge in [-0.05, 0) is 47.1 Å². The maximum atomic E-state index is 12.4. The van der Waals surface area contributed by atoms with E-state index in [0.29, 0.717) is 11.3 Å². The van der Waals surface area contributed by atoms with Gasteiger partial charge in [0.1, 0.15) is 4.60 Å². The van der Waals surface area contributed by atoms with E-state index in [1.807, 2.05) is 37.4 Å². The second kappa shape index (κ2) is 5.09. The van der Waals surface area contributed by atoms with Crippen LogP contribution < -0.4 is 5.32 Å². The third-order valence-corrected chi connectivity index (χ3v) is 3.57. The van der Waals surface area contributed by atoms with Gasteiger partial charge in [-0.25, -0.2) is 4.98 Å². The number of hydrogen-bond acceptors (Lipinski definition) is 2. The molecule has 0 radical (unpaired) electrons. The van der Waals surface area contributed by atoms with Crippen molar-refractivity contribution in [2.24, 2.45) is 0 Å². The summed E-state index contributed by atoms with van der Waals surface area (Å²) in [5.74, 6) is -0.148. The third-order valence-electron chi connectivity index (χ3n) is 3.13. The van der Waals surface area contributed by atoms with Crippen molar-refractivity contribution in [2.75, 3.05) is 5.32 Å². The Balaban J connectivity index is 1.95. The van der Waals surface area contributed by atoms with Gasteiger partial charge in [0.05, 0.1) is 22.5 Å². The summed E-state index contributed by atoms with van der Waals surface area (Å²) < 4.78 is 0.750. The van der Waals surface area contributed by atoms with E-state index in [9.17, 15) is 4.79 Å². The molecule has 0 aliphatic rings. The average Bonchev–Trinajstić information content (AvgIpc) is 2.90. The van der Waals surface area contributed by atoms with Crippen molar-refractivity contribution in [3.05, 3.63) is 58.5 Å². The van der Waals surface area contributed by atoms with E-state index in [0.717, 1.165) is 21.2 Å². The molecule has 2 N–H and O–H groups in total. The fraction of sp³-hybridized carbons (Fsp3) is 0.0667. The first-order chi connectivity index (χ1) is 9.65. The van der Waals surface area contributed by atoms with E-state index < -0.39 is 0 Å². The number of carbonyl (C=O) groups is 1. The van der Waals surface area contributed by atoms with Crippen LogP contribution in [0.1, 0.15) is 16.1 Å². The number of amides is 1. The molecule has 0 saturated carbocycles. The van der Waals surface area contributed by atoms with Crippen molar-refractivity contribution in [2.45, 2.75) is 6.92 Å². The van der Waals surface area contributed by atoms with E-state index in [-0.39, 0.29) is 5.91 Å². The van der Waals surface area contributed by atoms with E-state index in [1.54, 1.807) is 12.1 Å². The van der Waals surface area contributed by atoms with Crippen LogP contribution in [-0.4, -0.2) is 15.9 Å². The molecule has 1 aromatic carbocycles. The summed E-state index contributed by atoms with van der Waals surface area (Å²) in [7, 11) is 0. The number of halogens is 1. The highest BCUT2D eigenvalue weighted by Crippen LogP contribution is 2.20. The molecule has 0 bridgehead atoms. The molecule has 2 heterocycles. The lowest BCUT2D eigenvalue weighted by Crippen LogP contribution is -2.13. The van der Waals surface area contributed by atoms with E-state index in [1.165, 1.54) is 0 Å². The molecule has 0 aliphatic heterocycles. The lowest BCUT2D eigenvalue weighted by Gasteiger charge is -2.08. The van der Waals surface area contributed by atoms with Crippen LogP contribution in [0.3, 0.4) is 0 Å². The van der Waals surface area contributed by atoms with E-state index in [4.69, 9.17) is 0 Å². The summed E-state index contributed by atoms with van der Waals surface area (Å²) >= 11 is 3.31. The molecule has 0 unspecified atom stereocenters. The number of aryl methyl sites for hydroxylation is 1. The lowest BCUT2D eigenvalue weighted by atomic mass is 10.1. The molecule has 0 saturated heterocycles. The smallest absolute Gasteiger partial charge is 0.257 e. The van der Waals surface area contributed by atoms with Crippen LogP contribution in [0, 0.1) is 6.92 Å². The number of aromatic amines is 1. The summed E-state index contributed by atoms with van der Waals surface area (Å²) in [4.78, 5) is 19.8. The molecule has 100 valence electrons. The summed E-state index contributed by atoms with van der Waals surface area (Å²) in [6.45, 7) is 1.86. The van der Waals surface area contributed by atoms with Crippen LogP contribution in [0.4, 0.5) is 5.69 Å². The van der Waals surface area contributed by atoms with E-state index >= 15 is 0 Å². The first kappa shape index (κ1) is 12.9. The lowest BCUT2D eigenvalue weighted by molar-refractivity contribution is 0.102. The first-order valence-electron chi connectivity index (χ1n) is 6.16. The number of para-hydroxylation sites is 1. The first-order valence-corrected chi connectivity index (χ1v) is 6.95. The van der Waals surface area contributed by atoms with Crippen molar-refractivity contribution in [3.8, 4) is 0 Å². The van der Waals surface area contributed by atoms with Gasteiger partial charge in [-0.1, -0.05) is 12.1 Å². The molecule has 0 spiro atoms. The number of aromatic nitrogens is 2. The molecule has 0 fully saturated rings. The van der Waals surface area contributed by atoms with Crippen molar-refractivity contribution in [1.82, 2.24) is 9.97 Å². The van der Waals surface area contributed by atoms with Gasteiger partial charge in [0, 0.05) is 11.6 Å². The maximum absolute atomic E-state index is 12.4. The Bertz CT molecular complexity index is 795. The van der Waals surface area contributed by atoms with Crippen LogP contribution in [0.5, 0.6) is 0 Å². The highest BCUT2D eigenvalue weighted by atomic mass is 79.9. The molecular weight excluding hydrogens is 318 g/mol. The minimum atomic E-state index is -0.148. The zero-order chi connectivity index (χ0) is 14.1. The van der Waals surface area contributed by atoms with Crippen molar-refractivity contribution >= 4 is 38.4 Å². The second-order valence-corrected chi connectivity index (χ2v) is 5.28. The van der Waals surface area contributed by atoms with Gasteiger partial charge in [-0.3, -0.25) is 4.79 Å². The molecule has 0 aliphatic carbocycles. The van der Waals surface area contributed by atoms with Crippen LogP contribution in [0.25, 0.3) is 10.9 Å². The molecule has 4 nitrogen and oxygen atoms in total. The Kier molecular flexibility index (Phi) is 3.28. The number of nitrogens with zero attached hydrogens (tertiary/aromatic N) is 1. The fourth-order valence-electron chi connectivity index (χ4n) is 2.13. The van der Waals surface area contributed by atoms with Crippen LogP contribution in [-0.2, 0) is 0 Å². The molecule has 20 heavy (non-hydrogen) atoms. The number of rotatable bonds is 2. The Morgan fingerprint density at radius 3 is 2.90 bits per heavy atom. The van der Waals surface area contributed by atoms with Crippen molar-refractivity contribution in [1.29, 1.82) is 0 Å². The fourth-order valence-corrected chi connectivity index (χ4v) is 2.52. The Labute approximate surface area is 124 Å². The van der Waals surface area contributed by atoms with Gasteiger partial charge in [0.15, 0.2) is 0 Å². The average molecular weight is 330 g/mol. The number of pyridine rings is 1. The summed E-state index contributed by atoms with van der Waals surface area (Å²) in [5.41, 5.74) is 2.94. The molecule has 0 atom stereocenters. The minimum Gasteiger partial charge on any atom is -0.361 e. The Morgan fingerprint density at radius 1 is 1.25 bits per heavy atom. The van der Waals surface area contributed by atoms with Crippen LogP contribution >= 0.6 is 15.9 Å². The number of carbonyl (C=O) groups excluding carboxylic acids is 1. The zero-order valence-corrected chi connectivity index (χ0v) is 12.4. The van der Waals surface area contributed by atoms with Gasteiger partial charge >= 0.3 is 0 Å². The predicted octanol–water partition coefficient (Wildman–Crippen LogP) is 3.89. The topological polar surface area (TPSA) is 57.8 Å². The molecule has 3 rings (SSSR count). The highest BCUT2D eigenvalue weighted by molar-refractivity contribution is 9.10. The molecule has 2 aromatic heterocycles. The maximum Gasteiger partial charge on any atom is 0.257 e. The van der Waals surface area contributed by atoms with Crippen LogP contribution in [0.15, 0.2) is 47.2 Å². The van der Waals surface area contributed by atoms with Gasteiger partial charge < -0.3 is 10.3 Å². The van der Waals surface area contributed by atoms with Crippen molar-refractivity contribution < 1.29 is 4.79 Å². The number of fused-ring (bicyclic) bond motifs is 1. The Morgan fingerprint density at radius 2 is 2.10 bits per heavy atom. The molecule has 5 heteroatoms. The Hall–Kier alpha value is -2.14. The largest absolute Gasteiger partial charge is 0.361 e. The second-order valence-electron chi connectivity index (χ2n) is 4.47.